The summed E-state index contributed by atoms with van der Waals surface area (Å²) in [6, 6.07) is 18.7. The molecule has 32 heavy (non-hydrogen) atoms. The first-order chi connectivity index (χ1) is 15.1. The molecule has 2 N–H and O–H groups in total. The SMILES string of the molecule is COc1ccc(CN=C(NCc2nnc(C)n2C)NCC2(c3ccccc3)CC2)cc1.I. The van der Waals surface area contributed by atoms with E-state index in [-0.39, 0.29) is 29.4 Å². The molecule has 1 saturated carbocycles. The first kappa shape index (κ1) is 24.0. The second-order valence-electron chi connectivity index (χ2n) is 8.09. The number of guanidine groups is 1. The van der Waals surface area contributed by atoms with Crippen molar-refractivity contribution in [2.75, 3.05) is 13.7 Å². The van der Waals surface area contributed by atoms with Crippen molar-refractivity contribution in [1.82, 2.24) is 25.4 Å². The van der Waals surface area contributed by atoms with Crippen LogP contribution in [0.15, 0.2) is 59.6 Å². The molecule has 1 aliphatic carbocycles. The van der Waals surface area contributed by atoms with Gasteiger partial charge in [0.1, 0.15) is 11.6 Å². The van der Waals surface area contributed by atoms with Crippen molar-refractivity contribution >= 4 is 29.9 Å². The summed E-state index contributed by atoms with van der Waals surface area (Å²) < 4.78 is 7.23. The Kier molecular flexibility index (Phi) is 8.11. The van der Waals surface area contributed by atoms with Crippen molar-refractivity contribution in [3.05, 3.63) is 77.4 Å². The Morgan fingerprint density at radius 3 is 2.38 bits per heavy atom. The maximum absolute atomic E-state index is 5.24. The lowest BCUT2D eigenvalue weighted by Gasteiger charge is -2.19. The first-order valence-electron chi connectivity index (χ1n) is 10.7. The number of halogens is 1. The number of aryl methyl sites for hydroxylation is 1. The number of ether oxygens (including phenoxy) is 1. The van der Waals surface area contributed by atoms with Crippen molar-refractivity contribution in [3.8, 4) is 5.75 Å². The topological polar surface area (TPSA) is 76.4 Å². The maximum Gasteiger partial charge on any atom is 0.192 e. The molecule has 0 bridgehead atoms. The van der Waals surface area contributed by atoms with Crippen LogP contribution in [0.1, 0.15) is 35.6 Å². The third-order valence-corrected chi connectivity index (χ3v) is 6.01. The van der Waals surface area contributed by atoms with Crippen molar-refractivity contribution in [2.24, 2.45) is 12.0 Å². The molecule has 0 spiro atoms. The molecule has 1 heterocycles. The molecule has 1 aliphatic rings. The van der Waals surface area contributed by atoms with Gasteiger partial charge in [-0.05, 0) is 43.0 Å². The molecular weight excluding hydrogens is 515 g/mol. The quantitative estimate of drug-likeness (QED) is 0.256. The molecular formula is C24H31IN6O. The zero-order chi connectivity index (χ0) is 21.7. The van der Waals surface area contributed by atoms with Crippen molar-refractivity contribution in [2.45, 2.75) is 38.3 Å². The maximum atomic E-state index is 5.24. The van der Waals surface area contributed by atoms with Crippen LogP contribution in [0.4, 0.5) is 0 Å². The minimum atomic E-state index is 0. The van der Waals surface area contributed by atoms with E-state index in [0.29, 0.717) is 13.1 Å². The molecule has 170 valence electrons. The van der Waals surface area contributed by atoms with Gasteiger partial charge in [0.15, 0.2) is 11.8 Å². The average Bonchev–Trinajstić information content (AvgIpc) is 3.55. The van der Waals surface area contributed by atoms with E-state index in [9.17, 15) is 0 Å². The zero-order valence-electron chi connectivity index (χ0n) is 18.8. The summed E-state index contributed by atoms with van der Waals surface area (Å²) in [5, 5.41) is 15.4. The van der Waals surface area contributed by atoms with Crippen LogP contribution in [0.5, 0.6) is 5.75 Å². The summed E-state index contributed by atoms with van der Waals surface area (Å²) >= 11 is 0. The lowest BCUT2D eigenvalue weighted by atomic mass is 9.96. The summed E-state index contributed by atoms with van der Waals surface area (Å²) in [4.78, 5) is 4.82. The molecule has 8 heteroatoms. The Morgan fingerprint density at radius 1 is 1.06 bits per heavy atom. The Hall–Kier alpha value is -2.62. The first-order valence-corrected chi connectivity index (χ1v) is 10.7. The van der Waals surface area contributed by atoms with Crippen LogP contribution in [0, 0.1) is 6.92 Å². The number of hydrogen-bond acceptors (Lipinski definition) is 4. The molecule has 1 fully saturated rings. The molecule has 0 unspecified atom stereocenters. The lowest BCUT2D eigenvalue weighted by molar-refractivity contribution is 0.414. The van der Waals surface area contributed by atoms with E-state index in [1.54, 1.807) is 7.11 Å². The highest BCUT2D eigenvalue weighted by atomic mass is 127. The van der Waals surface area contributed by atoms with E-state index in [2.05, 4.69) is 51.2 Å². The number of methoxy groups -OCH3 is 1. The predicted molar refractivity (Wildman–Crippen MR) is 137 cm³/mol. The van der Waals surface area contributed by atoms with Gasteiger partial charge in [-0.2, -0.15) is 0 Å². The number of aliphatic imine (C=N–C) groups is 1. The van der Waals surface area contributed by atoms with E-state index in [0.717, 1.165) is 35.5 Å². The number of nitrogens with zero attached hydrogens (tertiary/aromatic N) is 4. The van der Waals surface area contributed by atoms with Crippen LogP contribution in [-0.2, 0) is 25.6 Å². The molecule has 0 atom stereocenters. The molecule has 7 nitrogen and oxygen atoms in total. The van der Waals surface area contributed by atoms with Gasteiger partial charge in [0.25, 0.3) is 0 Å². The highest BCUT2D eigenvalue weighted by Crippen LogP contribution is 2.47. The third kappa shape index (κ3) is 5.79. The Bertz CT molecular complexity index is 1030. The van der Waals surface area contributed by atoms with Crippen LogP contribution in [0.3, 0.4) is 0 Å². The fourth-order valence-electron chi connectivity index (χ4n) is 3.61. The number of benzene rings is 2. The van der Waals surface area contributed by atoms with Crippen LogP contribution in [0.25, 0.3) is 0 Å². The summed E-state index contributed by atoms with van der Waals surface area (Å²) in [5.74, 6) is 3.39. The zero-order valence-corrected chi connectivity index (χ0v) is 21.2. The largest absolute Gasteiger partial charge is 0.497 e. The highest BCUT2D eigenvalue weighted by Gasteiger charge is 2.44. The van der Waals surface area contributed by atoms with E-state index in [4.69, 9.17) is 9.73 Å². The number of aromatic nitrogens is 3. The van der Waals surface area contributed by atoms with Gasteiger partial charge < -0.3 is 19.9 Å². The van der Waals surface area contributed by atoms with E-state index in [1.807, 2.05) is 42.8 Å². The Balaban J connectivity index is 0.00000289. The Labute approximate surface area is 206 Å². The van der Waals surface area contributed by atoms with Crippen molar-refractivity contribution in [1.29, 1.82) is 0 Å². The van der Waals surface area contributed by atoms with Crippen LogP contribution < -0.4 is 15.4 Å². The standard InChI is InChI=1S/C24H30N6O.HI/c1-18-28-29-22(30(18)2)16-26-23(25-15-19-9-11-21(31-3)12-10-19)27-17-24(13-14-24)20-7-5-4-6-8-20;/h4-12H,13-17H2,1-3H3,(H2,25,26,27);1H. The minimum Gasteiger partial charge on any atom is -0.497 e. The highest BCUT2D eigenvalue weighted by molar-refractivity contribution is 14.0. The molecule has 0 amide bonds. The van der Waals surface area contributed by atoms with Gasteiger partial charge in [0.05, 0.1) is 20.2 Å². The second-order valence-corrected chi connectivity index (χ2v) is 8.09. The average molecular weight is 546 g/mol. The van der Waals surface area contributed by atoms with Crippen molar-refractivity contribution < 1.29 is 4.74 Å². The fraction of sp³-hybridized carbons (Fsp3) is 0.375. The third-order valence-electron chi connectivity index (χ3n) is 6.01. The minimum absolute atomic E-state index is 0. The monoisotopic (exact) mass is 546 g/mol. The molecule has 0 radical (unpaired) electrons. The summed E-state index contributed by atoms with van der Waals surface area (Å²) in [6.07, 6.45) is 2.39. The predicted octanol–water partition coefficient (Wildman–Crippen LogP) is 3.72. The van der Waals surface area contributed by atoms with E-state index < -0.39 is 0 Å². The summed E-state index contributed by atoms with van der Waals surface area (Å²) in [7, 11) is 3.65. The number of rotatable bonds is 8. The van der Waals surface area contributed by atoms with Gasteiger partial charge in [-0.25, -0.2) is 4.99 Å². The normalized spacial score (nSPS) is 14.4. The van der Waals surface area contributed by atoms with Gasteiger partial charge in [0, 0.05) is 19.0 Å². The Morgan fingerprint density at radius 2 is 1.78 bits per heavy atom. The molecule has 0 saturated heterocycles. The molecule has 2 aromatic carbocycles. The van der Waals surface area contributed by atoms with Gasteiger partial charge in [0.2, 0.25) is 0 Å². The van der Waals surface area contributed by atoms with Gasteiger partial charge in [-0.15, -0.1) is 34.2 Å². The smallest absolute Gasteiger partial charge is 0.192 e. The number of hydrogen-bond donors (Lipinski definition) is 2. The van der Waals surface area contributed by atoms with Gasteiger partial charge >= 0.3 is 0 Å². The van der Waals surface area contributed by atoms with Gasteiger partial charge in [-0.3, -0.25) is 0 Å². The number of nitrogens with one attached hydrogen (secondary N) is 2. The summed E-state index contributed by atoms with van der Waals surface area (Å²) in [5.41, 5.74) is 2.71. The lowest BCUT2D eigenvalue weighted by Crippen LogP contribution is -2.41. The van der Waals surface area contributed by atoms with E-state index >= 15 is 0 Å². The molecule has 3 aromatic rings. The van der Waals surface area contributed by atoms with Crippen LogP contribution >= 0.6 is 24.0 Å². The van der Waals surface area contributed by atoms with Gasteiger partial charge in [-0.1, -0.05) is 42.5 Å². The molecule has 1 aromatic heterocycles. The van der Waals surface area contributed by atoms with E-state index in [1.165, 1.54) is 18.4 Å². The van der Waals surface area contributed by atoms with Crippen molar-refractivity contribution in [3.63, 3.8) is 0 Å². The molecule has 0 aliphatic heterocycles. The fourth-order valence-corrected chi connectivity index (χ4v) is 3.61. The summed E-state index contributed by atoms with van der Waals surface area (Å²) in [6.45, 7) is 3.94. The second kappa shape index (κ2) is 10.8. The molecule has 4 rings (SSSR count). The van der Waals surface area contributed by atoms with Crippen LogP contribution in [0.2, 0.25) is 0 Å². The van der Waals surface area contributed by atoms with Crippen LogP contribution in [-0.4, -0.2) is 34.4 Å².